The fourth-order valence-corrected chi connectivity index (χ4v) is 3.85. The van der Waals surface area contributed by atoms with Gasteiger partial charge in [-0.05, 0) is 25.3 Å². The second kappa shape index (κ2) is 6.90. The second-order valence-corrected chi connectivity index (χ2v) is 7.03. The lowest BCUT2D eigenvalue weighted by atomic mass is 9.84. The van der Waals surface area contributed by atoms with Crippen LogP contribution in [-0.2, 0) is 19.1 Å². The third kappa shape index (κ3) is 3.12. The molecule has 0 amide bonds. The van der Waals surface area contributed by atoms with Crippen LogP contribution < -0.4 is 0 Å². The van der Waals surface area contributed by atoms with Gasteiger partial charge in [-0.1, -0.05) is 19.1 Å². The van der Waals surface area contributed by atoms with Crippen LogP contribution in [0.15, 0.2) is 23.3 Å². The summed E-state index contributed by atoms with van der Waals surface area (Å²) in [6.45, 7) is 4.12. The molecule has 25 heavy (non-hydrogen) atoms. The highest BCUT2D eigenvalue weighted by Gasteiger charge is 2.46. The molecule has 0 aromatic rings. The Morgan fingerprint density at radius 2 is 2.20 bits per heavy atom. The third-order valence-electron chi connectivity index (χ3n) is 5.59. The SMILES string of the molecule is C/C=C1\C[C@H](C)[C@](O)(CO)C(=O)OCC2=CCN3CC[C@@H](OC1=O)C23. The van der Waals surface area contributed by atoms with Gasteiger partial charge in [0.25, 0.3) is 0 Å². The lowest BCUT2D eigenvalue weighted by molar-refractivity contribution is -0.176. The van der Waals surface area contributed by atoms with Gasteiger partial charge in [0, 0.05) is 24.6 Å². The van der Waals surface area contributed by atoms with Gasteiger partial charge in [-0.15, -0.1) is 0 Å². The Bertz CT molecular complexity index is 627. The molecule has 7 nitrogen and oxygen atoms in total. The number of carbonyl (C=O) groups excluding carboxylic acids is 2. The van der Waals surface area contributed by atoms with Crippen molar-refractivity contribution in [3.05, 3.63) is 23.3 Å². The molecule has 2 saturated heterocycles. The maximum absolute atomic E-state index is 12.6. The van der Waals surface area contributed by atoms with Gasteiger partial charge < -0.3 is 19.7 Å². The zero-order valence-corrected chi connectivity index (χ0v) is 14.6. The zero-order chi connectivity index (χ0) is 18.2. The van der Waals surface area contributed by atoms with Crippen molar-refractivity contribution in [2.24, 2.45) is 5.92 Å². The van der Waals surface area contributed by atoms with E-state index < -0.39 is 30.1 Å². The van der Waals surface area contributed by atoms with Crippen molar-refractivity contribution in [1.82, 2.24) is 4.90 Å². The number of cyclic esters (lactones) is 1. The molecule has 0 aliphatic carbocycles. The summed E-state index contributed by atoms with van der Waals surface area (Å²) < 4.78 is 11.1. The van der Waals surface area contributed by atoms with Crippen LogP contribution in [0.4, 0.5) is 0 Å². The average Bonchev–Trinajstić information content (AvgIpc) is 3.18. The summed E-state index contributed by atoms with van der Waals surface area (Å²) >= 11 is 0. The topological polar surface area (TPSA) is 96.3 Å². The molecule has 0 aromatic carbocycles. The number of nitrogens with zero attached hydrogens (tertiary/aromatic N) is 1. The highest BCUT2D eigenvalue weighted by atomic mass is 16.6. The molecule has 0 spiro atoms. The van der Waals surface area contributed by atoms with Crippen LogP contribution in [0.5, 0.6) is 0 Å². The molecule has 3 rings (SSSR count). The molecule has 2 N–H and O–H groups in total. The minimum atomic E-state index is -2.05. The van der Waals surface area contributed by atoms with Crippen LogP contribution in [0.25, 0.3) is 0 Å². The molecule has 0 aromatic heterocycles. The van der Waals surface area contributed by atoms with Crippen LogP contribution in [0.3, 0.4) is 0 Å². The van der Waals surface area contributed by atoms with E-state index in [9.17, 15) is 19.8 Å². The minimum absolute atomic E-state index is 0.0273. The average molecular weight is 351 g/mol. The first kappa shape index (κ1) is 18.1. The molecule has 3 heterocycles. The van der Waals surface area contributed by atoms with Crippen LogP contribution in [-0.4, -0.2) is 71.1 Å². The van der Waals surface area contributed by atoms with E-state index in [1.807, 2.05) is 6.08 Å². The lowest BCUT2D eigenvalue weighted by Crippen LogP contribution is -2.50. The number of rotatable bonds is 1. The molecule has 0 bridgehead atoms. The summed E-state index contributed by atoms with van der Waals surface area (Å²) in [4.78, 5) is 27.2. The monoisotopic (exact) mass is 351 g/mol. The van der Waals surface area contributed by atoms with Crippen molar-refractivity contribution in [3.63, 3.8) is 0 Å². The molecule has 7 heteroatoms. The molecule has 4 atom stereocenters. The highest BCUT2D eigenvalue weighted by Crippen LogP contribution is 2.34. The van der Waals surface area contributed by atoms with Crippen LogP contribution in [0, 0.1) is 5.92 Å². The Labute approximate surface area is 146 Å². The predicted molar refractivity (Wildman–Crippen MR) is 88.5 cm³/mol. The Morgan fingerprint density at radius 1 is 1.44 bits per heavy atom. The summed E-state index contributed by atoms with van der Waals surface area (Å²) in [7, 11) is 0. The lowest BCUT2D eigenvalue weighted by Gasteiger charge is -2.32. The van der Waals surface area contributed by atoms with E-state index in [2.05, 4.69) is 4.90 Å². The predicted octanol–water partition coefficient (Wildman–Crippen LogP) is 0.165. The number of esters is 2. The van der Waals surface area contributed by atoms with Crippen molar-refractivity contribution in [1.29, 1.82) is 0 Å². The van der Waals surface area contributed by atoms with Crippen LogP contribution in [0.1, 0.15) is 26.7 Å². The number of ether oxygens (including phenoxy) is 2. The standard InChI is InChI=1S/C18H25NO6/c1-3-12-8-11(2)18(23,10-20)17(22)24-9-13-4-6-19-7-5-14(15(13)19)25-16(12)21/h3-4,11,14-15,20,23H,5-10H2,1-2H3/b12-3+/t11-,14+,15?,18+/m0/s1. The van der Waals surface area contributed by atoms with Gasteiger partial charge in [0.1, 0.15) is 12.7 Å². The summed E-state index contributed by atoms with van der Waals surface area (Å²) in [6, 6.07) is -0.0890. The van der Waals surface area contributed by atoms with Gasteiger partial charge in [-0.2, -0.15) is 0 Å². The molecule has 138 valence electrons. The molecule has 0 saturated carbocycles. The summed E-state index contributed by atoms with van der Waals surface area (Å²) in [5.41, 5.74) is -0.796. The van der Waals surface area contributed by atoms with Gasteiger partial charge >= 0.3 is 11.9 Å². The van der Waals surface area contributed by atoms with Gasteiger partial charge in [0.2, 0.25) is 0 Å². The van der Waals surface area contributed by atoms with Gasteiger partial charge in [0.05, 0.1) is 12.6 Å². The van der Waals surface area contributed by atoms with E-state index in [4.69, 9.17) is 9.47 Å². The largest absolute Gasteiger partial charge is 0.459 e. The number of carbonyl (C=O) groups is 2. The second-order valence-electron chi connectivity index (χ2n) is 7.03. The van der Waals surface area contributed by atoms with Crippen LogP contribution >= 0.6 is 0 Å². The maximum Gasteiger partial charge on any atom is 0.341 e. The maximum atomic E-state index is 12.6. The van der Waals surface area contributed by atoms with E-state index in [1.165, 1.54) is 0 Å². The number of allylic oxidation sites excluding steroid dienone is 1. The Balaban J connectivity index is 1.93. The molecule has 0 radical (unpaired) electrons. The van der Waals surface area contributed by atoms with Crippen molar-refractivity contribution in [2.75, 3.05) is 26.3 Å². The van der Waals surface area contributed by atoms with Crippen LogP contribution in [0.2, 0.25) is 0 Å². The Hall–Kier alpha value is -1.70. The quantitative estimate of drug-likeness (QED) is 0.395. The number of hydrogen-bond donors (Lipinski definition) is 2. The zero-order valence-electron chi connectivity index (χ0n) is 14.6. The molecular weight excluding hydrogens is 326 g/mol. The smallest absolute Gasteiger partial charge is 0.341 e. The van der Waals surface area contributed by atoms with Crippen molar-refractivity contribution in [2.45, 2.75) is 44.4 Å². The number of aliphatic hydroxyl groups is 2. The fourth-order valence-electron chi connectivity index (χ4n) is 3.85. The minimum Gasteiger partial charge on any atom is -0.459 e. The van der Waals surface area contributed by atoms with Gasteiger partial charge in [-0.25, -0.2) is 9.59 Å². The van der Waals surface area contributed by atoms with Crippen molar-refractivity contribution in [3.8, 4) is 0 Å². The fraction of sp³-hybridized carbons (Fsp3) is 0.667. The normalized spacial score (nSPS) is 38.5. The number of hydrogen-bond acceptors (Lipinski definition) is 7. The summed E-state index contributed by atoms with van der Waals surface area (Å²) in [5.74, 6) is -1.99. The van der Waals surface area contributed by atoms with E-state index in [0.29, 0.717) is 5.57 Å². The number of aliphatic hydroxyl groups excluding tert-OH is 1. The first-order valence-corrected chi connectivity index (χ1v) is 8.70. The summed E-state index contributed by atoms with van der Waals surface area (Å²) in [5, 5.41) is 20.2. The molecular formula is C18H25NO6. The Morgan fingerprint density at radius 3 is 2.88 bits per heavy atom. The molecule has 3 aliphatic rings. The van der Waals surface area contributed by atoms with E-state index >= 15 is 0 Å². The first-order chi connectivity index (χ1) is 11.9. The van der Waals surface area contributed by atoms with Gasteiger partial charge in [0.15, 0.2) is 5.60 Å². The van der Waals surface area contributed by atoms with Crippen molar-refractivity contribution < 1.29 is 29.3 Å². The molecule has 3 aliphatic heterocycles. The molecule has 2 fully saturated rings. The summed E-state index contributed by atoms with van der Waals surface area (Å²) in [6.07, 6.45) is 4.20. The van der Waals surface area contributed by atoms with E-state index in [-0.39, 0.29) is 25.2 Å². The van der Waals surface area contributed by atoms with Gasteiger partial charge in [-0.3, -0.25) is 4.90 Å². The highest BCUT2D eigenvalue weighted by molar-refractivity contribution is 5.89. The first-order valence-electron chi connectivity index (χ1n) is 8.70. The van der Waals surface area contributed by atoms with E-state index in [0.717, 1.165) is 25.1 Å². The Kier molecular flexibility index (Phi) is 4.99. The van der Waals surface area contributed by atoms with E-state index in [1.54, 1.807) is 19.9 Å². The van der Waals surface area contributed by atoms with Crippen molar-refractivity contribution >= 4 is 11.9 Å². The molecule has 1 unspecified atom stereocenters. The third-order valence-corrected chi connectivity index (χ3v) is 5.59.